The van der Waals surface area contributed by atoms with Crippen molar-refractivity contribution in [3.8, 4) is 11.1 Å². The Morgan fingerprint density at radius 3 is 2.56 bits per heavy atom. The second-order valence-corrected chi connectivity index (χ2v) is 7.81. The van der Waals surface area contributed by atoms with Crippen molar-refractivity contribution < 1.29 is 0 Å². The topological polar surface area (TPSA) is 63.3 Å². The lowest BCUT2D eigenvalue weighted by Crippen LogP contribution is -2.38. The van der Waals surface area contributed by atoms with E-state index in [0.29, 0.717) is 13.1 Å². The number of hydrogen-bond acceptors (Lipinski definition) is 3. The number of nitrogens with one attached hydrogen (secondary N) is 1. The zero-order valence-electron chi connectivity index (χ0n) is 18.8. The molecule has 0 amide bonds. The van der Waals surface area contributed by atoms with Crippen LogP contribution in [0.2, 0.25) is 0 Å². The molecule has 7 heteroatoms. The Morgan fingerprint density at radius 2 is 1.88 bits per heavy atom. The molecule has 2 aromatic carbocycles. The van der Waals surface area contributed by atoms with Crippen LogP contribution in [0.3, 0.4) is 0 Å². The zero-order valence-corrected chi connectivity index (χ0v) is 18.8. The average molecular weight is 428 g/mol. The van der Waals surface area contributed by atoms with E-state index in [0.717, 1.165) is 12.5 Å². The van der Waals surface area contributed by atoms with E-state index in [4.69, 9.17) is 0 Å². The van der Waals surface area contributed by atoms with Crippen LogP contribution in [0.15, 0.2) is 84.5 Å². The minimum Gasteiger partial charge on any atom is -0.353 e. The van der Waals surface area contributed by atoms with Crippen molar-refractivity contribution in [2.75, 3.05) is 14.1 Å². The van der Waals surface area contributed by atoms with Gasteiger partial charge in [0.05, 0.1) is 13.1 Å². The predicted octanol–water partition coefficient (Wildman–Crippen LogP) is 3.54. The molecule has 0 aliphatic rings. The van der Waals surface area contributed by atoms with Gasteiger partial charge in [-0.1, -0.05) is 48.5 Å². The highest BCUT2D eigenvalue weighted by molar-refractivity contribution is 5.80. The third-order valence-electron chi connectivity index (χ3n) is 5.55. The molecule has 0 aliphatic carbocycles. The van der Waals surface area contributed by atoms with E-state index < -0.39 is 0 Å². The Hall–Kier alpha value is -3.87. The summed E-state index contributed by atoms with van der Waals surface area (Å²) < 4.78 is 3.95. The van der Waals surface area contributed by atoms with Crippen molar-refractivity contribution in [1.82, 2.24) is 29.5 Å². The van der Waals surface area contributed by atoms with E-state index in [1.54, 1.807) is 12.7 Å². The van der Waals surface area contributed by atoms with E-state index >= 15 is 0 Å². The quantitative estimate of drug-likeness (QED) is 0.362. The van der Waals surface area contributed by atoms with Gasteiger partial charge >= 0.3 is 0 Å². The fourth-order valence-electron chi connectivity index (χ4n) is 3.78. The number of rotatable bonds is 7. The fourth-order valence-corrected chi connectivity index (χ4v) is 3.78. The Bertz CT molecular complexity index is 1160. The van der Waals surface area contributed by atoms with Gasteiger partial charge in [0.15, 0.2) is 5.96 Å². The summed E-state index contributed by atoms with van der Waals surface area (Å²) in [5.74, 6) is 0.865. The summed E-state index contributed by atoms with van der Waals surface area (Å²) >= 11 is 0. The summed E-state index contributed by atoms with van der Waals surface area (Å²) in [5, 5.41) is 7.69. The third-order valence-corrected chi connectivity index (χ3v) is 5.55. The van der Waals surface area contributed by atoms with Crippen LogP contribution in [0.4, 0.5) is 0 Å². The van der Waals surface area contributed by atoms with Crippen LogP contribution in [0, 0.1) is 0 Å². The molecule has 0 saturated heterocycles. The predicted molar refractivity (Wildman–Crippen MR) is 128 cm³/mol. The number of nitrogens with zero attached hydrogens (tertiary/aromatic N) is 6. The molecule has 0 radical (unpaired) electrons. The monoisotopic (exact) mass is 427 g/mol. The Morgan fingerprint density at radius 1 is 1.06 bits per heavy atom. The normalized spacial score (nSPS) is 11.5. The van der Waals surface area contributed by atoms with Crippen molar-refractivity contribution >= 4 is 5.96 Å². The molecule has 1 N–H and O–H groups in total. The fraction of sp³-hybridized carbons (Fsp3) is 0.240. The molecule has 0 aliphatic heterocycles. The van der Waals surface area contributed by atoms with Crippen LogP contribution in [0.25, 0.3) is 11.1 Å². The summed E-state index contributed by atoms with van der Waals surface area (Å²) in [6.07, 6.45) is 5.35. The van der Waals surface area contributed by atoms with Crippen LogP contribution in [0.5, 0.6) is 0 Å². The zero-order chi connectivity index (χ0) is 22.3. The smallest absolute Gasteiger partial charge is 0.194 e. The van der Waals surface area contributed by atoms with Crippen LogP contribution >= 0.6 is 0 Å². The van der Waals surface area contributed by atoms with Crippen molar-refractivity contribution in [2.24, 2.45) is 12.0 Å². The molecule has 0 bridgehead atoms. The molecule has 4 rings (SSSR count). The van der Waals surface area contributed by atoms with E-state index in [1.807, 2.05) is 11.7 Å². The second-order valence-electron chi connectivity index (χ2n) is 7.81. The summed E-state index contributed by atoms with van der Waals surface area (Å²) in [6, 6.07) is 21.3. The van der Waals surface area contributed by atoms with Gasteiger partial charge in [-0.3, -0.25) is 4.99 Å². The molecule has 0 saturated carbocycles. The summed E-state index contributed by atoms with van der Waals surface area (Å²) in [5.41, 5.74) is 6.06. The van der Waals surface area contributed by atoms with Gasteiger partial charge in [0.2, 0.25) is 0 Å². The van der Waals surface area contributed by atoms with Gasteiger partial charge in [0.25, 0.3) is 0 Å². The lowest BCUT2D eigenvalue weighted by molar-refractivity contribution is 0.462. The van der Waals surface area contributed by atoms with E-state index in [1.165, 1.54) is 27.9 Å². The average Bonchev–Trinajstić information content (AvgIpc) is 3.47. The summed E-state index contributed by atoms with van der Waals surface area (Å²) in [7, 11) is 5.94. The van der Waals surface area contributed by atoms with Gasteiger partial charge in [0.1, 0.15) is 12.7 Å². The molecular formula is C25H29N7. The van der Waals surface area contributed by atoms with Gasteiger partial charge in [0, 0.05) is 39.6 Å². The Balaban J connectivity index is 1.44. The molecule has 2 aromatic heterocycles. The standard InChI is InChI=1S/C25H29N7/c1-26-25(31(3)17-23-8-6-14-30(23)2)28-15-22-7-4-5-9-24(22)21-12-10-20(11-13-21)16-32-19-27-18-29-32/h4-14,18-19H,15-17H2,1-3H3,(H,26,28). The minimum absolute atomic E-state index is 0.695. The van der Waals surface area contributed by atoms with Gasteiger partial charge in [-0.15, -0.1) is 0 Å². The molecular weight excluding hydrogens is 398 g/mol. The summed E-state index contributed by atoms with van der Waals surface area (Å²) in [6.45, 7) is 2.20. The van der Waals surface area contributed by atoms with Gasteiger partial charge in [-0.25, -0.2) is 9.67 Å². The number of hydrogen-bond donors (Lipinski definition) is 1. The third kappa shape index (κ3) is 5.06. The number of aryl methyl sites for hydroxylation is 1. The molecule has 32 heavy (non-hydrogen) atoms. The molecule has 0 fully saturated rings. The highest BCUT2D eigenvalue weighted by Crippen LogP contribution is 2.24. The van der Waals surface area contributed by atoms with Crippen LogP contribution in [-0.4, -0.2) is 44.3 Å². The van der Waals surface area contributed by atoms with E-state index in [9.17, 15) is 0 Å². The van der Waals surface area contributed by atoms with Crippen molar-refractivity contribution in [1.29, 1.82) is 0 Å². The maximum Gasteiger partial charge on any atom is 0.194 e. The number of benzene rings is 2. The molecule has 7 nitrogen and oxygen atoms in total. The Labute approximate surface area is 189 Å². The molecule has 164 valence electrons. The van der Waals surface area contributed by atoms with Crippen LogP contribution in [-0.2, 0) is 26.7 Å². The Kier molecular flexibility index (Phi) is 6.65. The lowest BCUT2D eigenvalue weighted by atomic mass is 9.98. The lowest BCUT2D eigenvalue weighted by Gasteiger charge is -2.23. The summed E-state index contributed by atoms with van der Waals surface area (Å²) in [4.78, 5) is 10.6. The van der Waals surface area contributed by atoms with Crippen molar-refractivity contribution in [2.45, 2.75) is 19.6 Å². The molecule has 0 atom stereocenters. The first kappa shape index (κ1) is 21.4. The molecule has 4 aromatic rings. The second kappa shape index (κ2) is 9.96. The number of aliphatic imine (C=N–C) groups is 1. The number of guanidine groups is 1. The first-order valence-electron chi connectivity index (χ1n) is 10.7. The van der Waals surface area contributed by atoms with Crippen molar-refractivity contribution in [3.05, 3.63) is 96.3 Å². The first-order valence-corrected chi connectivity index (χ1v) is 10.7. The molecule has 2 heterocycles. The van der Waals surface area contributed by atoms with Gasteiger partial charge in [-0.2, -0.15) is 5.10 Å². The number of aromatic nitrogens is 4. The van der Waals surface area contributed by atoms with Gasteiger partial charge in [-0.05, 0) is 34.4 Å². The molecule has 0 unspecified atom stereocenters. The van der Waals surface area contributed by atoms with Crippen LogP contribution < -0.4 is 5.32 Å². The van der Waals surface area contributed by atoms with E-state index in [2.05, 4.69) is 111 Å². The highest BCUT2D eigenvalue weighted by atomic mass is 15.3. The SMILES string of the molecule is CN=C(NCc1ccccc1-c1ccc(Cn2cncn2)cc1)N(C)Cc1cccn1C. The first-order chi connectivity index (χ1) is 15.6. The minimum atomic E-state index is 0.695. The van der Waals surface area contributed by atoms with E-state index in [-0.39, 0.29) is 0 Å². The van der Waals surface area contributed by atoms with Crippen LogP contribution in [0.1, 0.15) is 16.8 Å². The largest absolute Gasteiger partial charge is 0.353 e. The maximum atomic E-state index is 4.47. The van der Waals surface area contributed by atoms with Gasteiger partial charge < -0.3 is 14.8 Å². The highest BCUT2D eigenvalue weighted by Gasteiger charge is 2.10. The maximum absolute atomic E-state index is 4.47. The molecule has 0 spiro atoms. The van der Waals surface area contributed by atoms with Crippen molar-refractivity contribution in [3.63, 3.8) is 0 Å².